The molecule has 1 heterocycles. The first kappa shape index (κ1) is 15.1. The van der Waals surface area contributed by atoms with Gasteiger partial charge in [-0.25, -0.2) is 4.58 Å². The number of rotatable bonds is 1. The minimum Gasteiger partial charge on any atom is -0.309 e. The maximum atomic E-state index is 12.3. The molecule has 2 aromatic rings. The van der Waals surface area contributed by atoms with Crippen molar-refractivity contribution in [3.05, 3.63) is 63.6 Å². The number of anilines is 1. The van der Waals surface area contributed by atoms with Crippen molar-refractivity contribution >= 4 is 40.5 Å². The lowest BCUT2D eigenvalue weighted by Crippen LogP contribution is -2.31. The van der Waals surface area contributed by atoms with Gasteiger partial charge in [0.2, 0.25) is 12.3 Å². The molecule has 1 aliphatic rings. The second-order valence-electron chi connectivity index (χ2n) is 5.30. The van der Waals surface area contributed by atoms with Gasteiger partial charge in [0, 0.05) is 12.1 Å². The Kier molecular flexibility index (Phi) is 3.94. The fourth-order valence-electron chi connectivity index (χ4n) is 2.72. The molecule has 1 amide bonds. The molecular weight excluding hydrogens is 319 g/mol. The summed E-state index contributed by atoms with van der Waals surface area (Å²) in [4.78, 5) is 14.0. The number of hydrogen-bond donors (Lipinski definition) is 0. The summed E-state index contributed by atoms with van der Waals surface area (Å²) in [6.45, 7) is 0.281. The average molecular weight is 334 g/mol. The van der Waals surface area contributed by atoms with Crippen LogP contribution in [0, 0.1) is 0 Å². The zero-order chi connectivity index (χ0) is 15.9. The van der Waals surface area contributed by atoms with Gasteiger partial charge in [-0.3, -0.25) is 4.79 Å². The van der Waals surface area contributed by atoms with E-state index in [1.807, 2.05) is 48.0 Å². The molecule has 0 spiro atoms. The summed E-state index contributed by atoms with van der Waals surface area (Å²) < 4.78 is 1.92. The van der Waals surface area contributed by atoms with Gasteiger partial charge in [-0.1, -0.05) is 35.3 Å². The van der Waals surface area contributed by atoms with Crippen molar-refractivity contribution in [3.63, 3.8) is 0 Å². The SMILES string of the molecule is CN1C(=O)C[N+](C)=C(c2ccccc2Cl)c2cc(Cl)ccc21. The van der Waals surface area contributed by atoms with Crippen LogP contribution in [-0.4, -0.2) is 36.8 Å². The van der Waals surface area contributed by atoms with Crippen molar-refractivity contribution < 1.29 is 9.37 Å². The van der Waals surface area contributed by atoms with Crippen molar-refractivity contribution in [1.29, 1.82) is 0 Å². The first-order valence-electron chi connectivity index (χ1n) is 6.88. The summed E-state index contributed by atoms with van der Waals surface area (Å²) in [5.41, 5.74) is 3.52. The zero-order valence-electron chi connectivity index (χ0n) is 12.3. The van der Waals surface area contributed by atoms with Crippen LogP contribution in [0.4, 0.5) is 5.69 Å². The minimum absolute atomic E-state index is 0.0214. The molecule has 0 fully saturated rings. The molecule has 22 heavy (non-hydrogen) atoms. The second kappa shape index (κ2) is 5.75. The van der Waals surface area contributed by atoms with Crippen LogP contribution in [0.1, 0.15) is 11.1 Å². The summed E-state index contributed by atoms with van der Waals surface area (Å²) in [5, 5.41) is 1.27. The van der Waals surface area contributed by atoms with Crippen molar-refractivity contribution in [3.8, 4) is 0 Å². The van der Waals surface area contributed by atoms with Crippen molar-refractivity contribution in [2.45, 2.75) is 0 Å². The van der Waals surface area contributed by atoms with E-state index in [1.165, 1.54) is 0 Å². The molecule has 0 aromatic heterocycles. The number of nitrogens with zero attached hydrogens (tertiary/aromatic N) is 2. The van der Waals surface area contributed by atoms with E-state index in [1.54, 1.807) is 18.0 Å². The molecule has 0 aliphatic carbocycles. The molecule has 3 nitrogen and oxygen atoms in total. The van der Waals surface area contributed by atoms with Crippen LogP contribution < -0.4 is 4.90 Å². The number of carbonyl (C=O) groups is 1. The molecule has 112 valence electrons. The highest BCUT2D eigenvalue weighted by molar-refractivity contribution is 6.36. The molecular formula is C17H15Cl2N2O+. The molecule has 0 saturated heterocycles. The van der Waals surface area contributed by atoms with Crippen LogP contribution in [0.25, 0.3) is 0 Å². The minimum atomic E-state index is 0.0214. The summed E-state index contributed by atoms with van der Waals surface area (Å²) >= 11 is 12.6. The summed E-state index contributed by atoms with van der Waals surface area (Å²) in [7, 11) is 3.67. The van der Waals surface area contributed by atoms with Crippen molar-refractivity contribution in [1.82, 2.24) is 0 Å². The Bertz CT molecular complexity index is 799. The van der Waals surface area contributed by atoms with Gasteiger partial charge >= 0.3 is 0 Å². The quantitative estimate of drug-likeness (QED) is 0.733. The van der Waals surface area contributed by atoms with Crippen molar-refractivity contribution in [2.75, 3.05) is 25.5 Å². The van der Waals surface area contributed by atoms with E-state index in [0.717, 1.165) is 22.5 Å². The van der Waals surface area contributed by atoms with Crippen LogP contribution in [0.15, 0.2) is 42.5 Å². The third kappa shape index (κ3) is 2.51. The number of likely N-dealkylation sites (N-methyl/N-ethyl adjacent to an activating group) is 2. The number of benzene rings is 2. The van der Waals surface area contributed by atoms with E-state index < -0.39 is 0 Å². The molecule has 0 unspecified atom stereocenters. The van der Waals surface area contributed by atoms with Gasteiger partial charge in [0.05, 0.1) is 21.8 Å². The van der Waals surface area contributed by atoms with E-state index in [2.05, 4.69) is 0 Å². The molecule has 1 aliphatic heterocycles. The predicted octanol–water partition coefficient (Wildman–Crippen LogP) is 3.45. The maximum absolute atomic E-state index is 12.3. The normalized spacial score (nSPS) is 14.9. The number of halogens is 2. The predicted molar refractivity (Wildman–Crippen MR) is 90.6 cm³/mol. The van der Waals surface area contributed by atoms with E-state index >= 15 is 0 Å². The Morgan fingerprint density at radius 2 is 1.82 bits per heavy atom. The Morgan fingerprint density at radius 1 is 1.09 bits per heavy atom. The number of fused-ring (bicyclic) bond motifs is 1. The fourth-order valence-corrected chi connectivity index (χ4v) is 3.12. The molecule has 3 rings (SSSR count). The molecule has 2 aromatic carbocycles. The van der Waals surface area contributed by atoms with Crippen LogP contribution in [0.3, 0.4) is 0 Å². The maximum Gasteiger partial charge on any atom is 0.292 e. The number of carbonyl (C=O) groups excluding carboxylic acids is 1. The lowest BCUT2D eigenvalue weighted by molar-refractivity contribution is -0.483. The smallest absolute Gasteiger partial charge is 0.292 e. The standard InChI is InChI=1S/C17H15Cl2N2O/c1-20-10-16(22)21(2)15-8-7-11(18)9-13(15)17(20)12-5-3-4-6-14(12)19/h3-9H,10H2,1-2H3/q+1. The molecule has 0 atom stereocenters. The van der Waals surface area contributed by atoms with Gasteiger partial charge in [0.1, 0.15) is 7.05 Å². The topological polar surface area (TPSA) is 23.3 Å². The third-order valence-electron chi connectivity index (χ3n) is 3.83. The van der Waals surface area contributed by atoms with E-state index in [0.29, 0.717) is 10.0 Å². The molecule has 0 radical (unpaired) electrons. The van der Waals surface area contributed by atoms with E-state index in [-0.39, 0.29) is 12.5 Å². The highest BCUT2D eigenvalue weighted by Crippen LogP contribution is 2.30. The largest absolute Gasteiger partial charge is 0.309 e. The number of benzodiazepines with no additional fused rings is 1. The first-order valence-corrected chi connectivity index (χ1v) is 7.64. The highest BCUT2D eigenvalue weighted by atomic mass is 35.5. The Balaban J connectivity index is 2.34. The van der Waals surface area contributed by atoms with Gasteiger partial charge in [0.25, 0.3) is 5.91 Å². The third-order valence-corrected chi connectivity index (χ3v) is 4.40. The molecule has 0 saturated carbocycles. The number of amides is 1. The van der Waals surface area contributed by atoms with Crippen LogP contribution >= 0.6 is 23.2 Å². The summed E-state index contributed by atoms with van der Waals surface area (Å²) in [6, 6.07) is 13.2. The number of hydrogen-bond acceptors (Lipinski definition) is 1. The lowest BCUT2D eigenvalue weighted by atomic mass is 10.00. The fraction of sp³-hybridized carbons (Fsp3) is 0.176. The van der Waals surface area contributed by atoms with Crippen LogP contribution in [0.2, 0.25) is 10.0 Å². The molecule has 5 heteroatoms. The lowest BCUT2D eigenvalue weighted by Gasteiger charge is -2.16. The van der Waals surface area contributed by atoms with Gasteiger partial charge in [-0.15, -0.1) is 0 Å². The highest BCUT2D eigenvalue weighted by Gasteiger charge is 2.31. The average Bonchev–Trinajstić information content (AvgIpc) is 2.56. The van der Waals surface area contributed by atoms with Gasteiger partial charge in [0.15, 0.2) is 0 Å². The van der Waals surface area contributed by atoms with Gasteiger partial charge < -0.3 is 4.90 Å². The Morgan fingerprint density at radius 3 is 2.55 bits per heavy atom. The first-order chi connectivity index (χ1) is 10.5. The van der Waals surface area contributed by atoms with E-state index in [4.69, 9.17) is 23.2 Å². The summed E-state index contributed by atoms with van der Waals surface area (Å²) in [6.07, 6.45) is 0. The Hall–Kier alpha value is -1.84. The van der Waals surface area contributed by atoms with Crippen LogP contribution in [-0.2, 0) is 4.79 Å². The zero-order valence-corrected chi connectivity index (χ0v) is 13.8. The van der Waals surface area contributed by atoms with E-state index in [9.17, 15) is 4.79 Å². The summed E-state index contributed by atoms with van der Waals surface area (Å²) in [5.74, 6) is 0.0214. The molecule has 0 N–H and O–H groups in total. The van der Waals surface area contributed by atoms with Gasteiger partial charge in [-0.2, -0.15) is 0 Å². The molecule has 0 bridgehead atoms. The van der Waals surface area contributed by atoms with Crippen LogP contribution in [0.5, 0.6) is 0 Å². The monoisotopic (exact) mass is 333 g/mol. The van der Waals surface area contributed by atoms with Crippen molar-refractivity contribution in [2.24, 2.45) is 0 Å². The van der Waals surface area contributed by atoms with Gasteiger partial charge in [-0.05, 0) is 30.3 Å². The second-order valence-corrected chi connectivity index (χ2v) is 6.14. The Labute approximate surface area is 139 Å².